The molecule has 2 fully saturated rings. The van der Waals surface area contributed by atoms with Gasteiger partial charge in [0.1, 0.15) is 0 Å². The van der Waals surface area contributed by atoms with Crippen LogP contribution < -0.4 is 15.8 Å². The Balaban J connectivity index is 1.36. The molecule has 3 atom stereocenters. The molecule has 34 heavy (non-hydrogen) atoms. The Bertz CT molecular complexity index is 1130. The zero-order valence-corrected chi connectivity index (χ0v) is 19.4. The quantitative estimate of drug-likeness (QED) is 0.600. The van der Waals surface area contributed by atoms with Gasteiger partial charge in [-0.2, -0.15) is 0 Å². The van der Waals surface area contributed by atoms with Gasteiger partial charge in [0.15, 0.2) is 0 Å². The van der Waals surface area contributed by atoms with Crippen LogP contribution in [0.15, 0.2) is 84.9 Å². The highest BCUT2D eigenvalue weighted by Crippen LogP contribution is 2.32. The van der Waals surface area contributed by atoms with Gasteiger partial charge in [0.05, 0.1) is 23.6 Å². The monoisotopic (exact) mass is 454 g/mol. The lowest BCUT2D eigenvalue weighted by molar-refractivity contribution is -0.130. The van der Waals surface area contributed by atoms with Crippen molar-refractivity contribution in [3.63, 3.8) is 0 Å². The van der Waals surface area contributed by atoms with Crippen molar-refractivity contribution < 1.29 is 9.59 Å². The lowest BCUT2D eigenvalue weighted by Crippen LogP contribution is -2.56. The maximum atomic E-state index is 13.4. The number of aryl methyl sites for hydroxylation is 1. The Morgan fingerprint density at radius 1 is 0.912 bits per heavy atom. The molecule has 0 radical (unpaired) electrons. The number of fused-ring (bicyclic) bond motifs is 1. The number of anilines is 1. The number of hydrogen-bond donors (Lipinski definition) is 2. The van der Waals surface area contributed by atoms with Gasteiger partial charge in [-0.05, 0) is 30.2 Å². The normalized spacial score (nSPS) is 22.4. The molecule has 2 saturated heterocycles. The van der Waals surface area contributed by atoms with E-state index in [-0.39, 0.29) is 29.7 Å². The molecule has 3 aromatic carbocycles. The molecular weight excluding hydrogens is 424 g/mol. The zero-order chi connectivity index (χ0) is 23.5. The Hall–Kier alpha value is -3.48. The van der Waals surface area contributed by atoms with E-state index in [2.05, 4.69) is 39.9 Å². The summed E-state index contributed by atoms with van der Waals surface area (Å²) in [5.74, 6) is -0.632. The smallest absolute Gasteiger partial charge is 0.247 e. The van der Waals surface area contributed by atoms with Gasteiger partial charge in [-0.1, -0.05) is 78.4 Å². The molecule has 2 heterocycles. The van der Waals surface area contributed by atoms with E-state index in [1.165, 1.54) is 11.1 Å². The lowest BCUT2D eigenvalue weighted by Gasteiger charge is -2.38. The van der Waals surface area contributed by atoms with E-state index >= 15 is 0 Å². The van der Waals surface area contributed by atoms with Crippen molar-refractivity contribution in [3.8, 4) is 0 Å². The number of amides is 2. The second-order valence-electron chi connectivity index (χ2n) is 9.26. The third-order valence-corrected chi connectivity index (χ3v) is 6.78. The summed E-state index contributed by atoms with van der Waals surface area (Å²) in [6, 6.07) is 27.7. The maximum absolute atomic E-state index is 13.4. The second kappa shape index (κ2) is 9.79. The van der Waals surface area contributed by atoms with Crippen molar-refractivity contribution >= 4 is 17.5 Å². The number of hydrazine groups is 1. The van der Waals surface area contributed by atoms with Gasteiger partial charge in [0.25, 0.3) is 0 Å². The second-order valence-corrected chi connectivity index (χ2v) is 9.26. The molecular formula is C28H30N4O2. The summed E-state index contributed by atoms with van der Waals surface area (Å²) < 4.78 is 0. The molecule has 0 aliphatic carbocycles. The van der Waals surface area contributed by atoms with Gasteiger partial charge >= 0.3 is 0 Å². The summed E-state index contributed by atoms with van der Waals surface area (Å²) in [4.78, 5) is 29.1. The summed E-state index contributed by atoms with van der Waals surface area (Å²) in [6.07, 6.45) is 0. The van der Waals surface area contributed by atoms with E-state index in [0.717, 1.165) is 11.3 Å². The third-order valence-electron chi connectivity index (χ3n) is 6.78. The summed E-state index contributed by atoms with van der Waals surface area (Å²) >= 11 is 0. The summed E-state index contributed by atoms with van der Waals surface area (Å²) in [6.45, 7) is 4.45. The number of piperidine rings is 1. The van der Waals surface area contributed by atoms with Gasteiger partial charge in [-0.15, -0.1) is 0 Å². The predicted octanol–water partition coefficient (Wildman–Crippen LogP) is 3.28. The van der Waals surface area contributed by atoms with Crippen LogP contribution in [-0.4, -0.2) is 35.8 Å². The van der Waals surface area contributed by atoms with Crippen LogP contribution >= 0.6 is 0 Å². The standard InChI is InChI=1S/C28H30N4O2/c1-20-12-14-21(15-13-20)16-29-27(33)24-18-31(17-22-8-4-2-5-9-22)19-25-26(24)30-32(28(25)34)23-10-6-3-7-11-23/h2-15,24-26,30H,16-19H2,1H3,(H,29,33). The van der Waals surface area contributed by atoms with E-state index < -0.39 is 0 Å². The maximum Gasteiger partial charge on any atom is 0.247 e. The molecule has 2 amide bonds. The number of likely N-dealkylation sites (tertiary alicyclic amines) is 1. The van der Waals surface area contributed by atoms with Crippen LogP contribution in [0.25, 0.3) is 0 Å². The SMILES string of the molecule is Cc1ccc(CNC(=O)C2CN(Cc3ccccc3)CC3C(=O)N(c4ccccc4)NC23)cc1. The molecule has 0 spiro atoms. The van der Waals surface area contributed by atoms with Crippen molar-refractivity contribution in [2.45, 2.75) is 26.1 Å². The number of carbonyl (C=O) groups excluding carboxylic acids is 2. The molecule has 174 valence electrons. The van der Waals surface area contributed by atoms with Crippen LogP contribution in [0.5, 0.6) is 0 Å². The molecule has 2 N–H and O–H groups in total. The van der Waals surface area contributed by atoms with E-state index in [0.29, 0.717) is 26.2 Å². The minimum Gasteiger partial charge on any atom is -0.352 e. The van der Waals surface area contributed by atoms with Gasteiger partial charge in [0, 0.05) is 26.2 Å². The molecule has 5 rings (SSSR count). The minimum atomic E-state index is -0.342. The van der Waals surface area contributed by atoms with Crippen molar-refractivity contribution in [1.29, 1.82) is 0 Å². The molecule has 2 aliphatic heterocycles. The highest BCUT2D eigenvalue weighted by molar-refractivity contribution is 5.98. The number of nitrogens with one attached hydrogen (secondary N) is 2. The predicted molar refractivity (Wildman–Crippen MR) is 133 cm³/mol. The molecule has 0 bridgehead atoms. The average Bonchev–Trinajstić information content (AvgIpc) is 3.20. The first-order valence-electron chi connectivity index (χ1n) is 11.8. The fraction of sp³-hybridized carbons (Fsp3) is 0.286. The topological polar surface area (TPSA) is 64.7 Å². The Morgan fingerprint density at radius 2 is 1.59 bits per heavy atom. The average molecular weight is 455 g/mol. The number of carbonyl (C=O) groups is 2. The van der Waals surface area contributed by atoms with Gasteiger partial charge < -0.3 is 5.32 Å². The highest BCUT2D eigenvalue weighted by Gasteiger charge is 2.50. The highest BCUT2D eigenvalue weighted by atomic mass is 16.2. The fourth-order valence-electron chi connectivity index (χ4n) is 4.95. The van der Waals surface area contributed by atoms with Crippen LogP contribution in [0.3, 0.4) is 0 Å². The van der Waals surface area contributed by atoms with E-state index in [1.807, 2.05) is 67.6 Å². The zero-order valence-electron chi connectivity index (χ0n) is 19.4. The van der Waals surface area contributed by atoms with Crippen molar-refractivity contribution in [1.82, 2.24) is 15.6 Å². The largest absolute Gasteiger partial charge is 0.352 e. The lowest BCUT2D eigenvalue weighted by atomic mass is 9.83. The number of nitrogens with zero attached hydrogens (tertiary/aromatic N) is 2. The Kier molecular flexibility index (Phi) is 6.43. The number of para-hydroxylation sites is 1. The van der Waals surface area contributed by atoms with Crippen LogP contribution in [0.1, 0.15) is 16.7 Å². The number of benzene rings is 3. The Morgan fingerprint density at radius 3 is 2.29 bits per heavy atom. The van der Waals surface area contributed by atoms with E-state index in [1.54, 1.807) is 5.01 Å². The van der Waals surface area contributed by atoms with Gasteiger partial charge in [-0.3, -0.25) is 14.5 Å². The first-order chi connectivity index (χ1) is 16.6. The molecule has 3 unspecified atom stereocenters. The Labute approximate surface area is 200 Å². The van der Waals surface area contributed by atoms with E-state index in [9.17, 15) is 9.59 Å². The van der Waals surface area contributed by atoms with Crippen LogP contribution in [-0.2, 0) is 22.7 Å². The molecule has 2 aliphatic rings. The van der Waals surface area contributed by atoms with Crippen LogP contribution in [0, 0.1) is 18.8 Å². The molecule has 3 aromatic rings. The molecule has 0 aromatic heterocycles. The third kappa shape index (κ3) is 4.74. The van der Waals surface area contributed by atoms with Gasteiger partial charge in [-0.25, -0.2) is 10.4 Å². The van der Waals surface area contributed by atoms with Crippen molar-refractivity contribution in [2.75, 3.05) is 18.1 Å². The van der Waals surface area contributed by atoms with Crippen molar-refractivity contribution in [2.24, 2.45) is 11.8 Å². The van der Waals surface area contributed by atoms with E-state index in [4.69, 9.17) is 0 Å². The summed E-state index contributed by atoms with van der Waals surface area (Å²) in [5.41, 5.74) is 7.61. The molecule has 0 saturated carbocycles. The van der Waals surface area contributed by atoms with Crippen molar-refractivity contribution in [3.05, 3.63) is 102 Å². The van der Waals surface area contributed by atoms with Crippen LogP contribution in [0.2, 0.25) is 0 Å². The van der Waals surface area contributed by atoms with Gasteiger partial charge in [0.2, 0.25) is 11.8 Å². The van der Waals surface area contributed by atoms with Crippen LogP contribution in [0.4, 0.5) is 5.69 Å². The minimum absolute atomic E-state index is 0.0188. The summed E-state index contributed by atoms with van der Waals surface area (Å²) in [5, 5.41) is 4.75. The molecule has 6 nitrogen and oxygen atoms in total. The first kappa shape index (κ1) is 22.3. The number of rotatable bonds is 6. The summed E-state index contributed by atoms with van der Waals surface area (Å²) in [7, 11) is 0. The number of hydrogen-bond acceptors (Lipinski definition) is 4. The first-order valence-corrected chi connectivity index (χ1v) is 11.8. The molecule has 6 heteroatoms. The fourth-order valence-corrected chi connectivity index (χ4v) is 4.95.